The Morgan fingerprint density at radius 2 is 2.24 bits per heavy atom. The first-order chi connectivity index (χ1) is 8.11. The van der Waals surface area contributed by atoms with Gasteiger partial charge in [0, 0.05) is 11.6 Å². The number of carboxylic acids is 1. The monoisotopic (exact) mass is 232 g/mol. The zero-order valence-corrected chi connectivity index (χ0v) is 8.35. The lowest BCUT2D eigenvalue weighted by molar-refractivity contribution is 0.0652. The van der Waals surface area contributed by atoms with Crippen LogP contribution in [-0.4, -0.2) is 16.2 Å². The zero-order chi connectivity index (χ0) is 12.4. The number of carbonyl (C=O) groups is 1. The van der Waals surface area contributed by atoms with E-state index in [4.69, 9.17) is 10.4 Å². The summed E-state index contributed by atoms with van der Waals surface area (Å²) in [5.74, 6) is -2.27. The molecule has 1 aromatic heterocycles. The van der Waals surface area contributed by atoms with Crippen LogP contribution >= 0.6 is 0 Å². The fraction of sp³-hybridized carbons (Fsp3) is 0. The molecule has 0 aliphatic carbocycles. The normalized spacial score (nSPS) is 9.88. The molecule has 0 saturated heterocycles. The second-order valence-corrected chi connectivity index (χ2v) is 3.19. The third-order valence-corrected chi connectivity index (χ3v) is 2.11. The number of halogens is 1. The highest BCUT2D eigenvalue weighted by Crippen LogP contribution is 2.21. The number of hydrogen-bond acceptors (Lipinski definition) is 4. The number of nitriles is 1. The van der Waals surface area contributed by atoms with Crippen molar-refractivity contribution < 1.29 is 18.8 Å². The number of rotatable bonds is 2. The molecular weight excluding hydrogens is 227 g/mol. The first-order valence-electron chi connectivity index (χ1n) is 4.52. The first kappa shape index (κ1) is 10.8. The summed E-state index contributed by atoms with van der Waals surface area (Å²) in [6.45, 7) is 0. The molecule has 0 atom stereocenters. The molecular formula is C11H5FN2O3. The van der Waals surface area contributed by atoms with Crippen LogP contribution in [0.5, 0.6) is 0 Å². The van der Waals surface area contributed by atoms with E-state index in [1.165, 1.54) is 18.2 Å². The van der Waals surface area contributed by atoms with E-state index in [1.54, 1.807) is 6.07 Å². The van der Waals surface area contributed by atoms with Crippen molar-refractivity contribution in [3.63, 3.8) is 0 Å². The summed E-state index contributed by atoms with van der Waals surface area (Å²) in [6.07, 6.45) is 0. The van der Waals surface area contributed by atoms with Gasteiger partial charge in [-0.25, -0.2) is 9.18 Å². The van der Waals surface area contributed by atoms with Crippen LogP contribution in [0.1, 0.15) is 16.1 Å². The number of hydrogen-bond donors (Lipinski definition) is 1. The molecule has 0 bridgehead atoms. The van der Waals surface area contributed by atoms with Crippen molar-refractivity contribution >= 4 is 5.97 Å². The molecule has 84 valence electrons. The van der Waals surface area contributed by atoms with Gasteiger partial charge >= 0.3 is 5.97 Å². The van der Waals surface area contributed by atoms with E-state index >= 15 is 0 Å². The number of nitrogens with zero attached hydrogens (tertiary/aromatic N) is 2. The highest BCUT2D eigenvalue weighted by molar-refractivity contribution is 5.85. The van der Waals surface area contributed by atoms with Gasteiger partial charge in [-0.1, -0.05) is 11.2 Å². The Morgan fingerprint density at radius 1 is 1.47 bits per heavy atom. The van der Waals surface area contributed by atoms with Gasteiger partial charge in [-0.15, -0.1) is 0 Å². The SMILES string of the molecule is N#Cc1ccc(-c2cc(C(=O)O)on2)cc1F. The second-order valence-electron chi connectivity index (χ2n) is 3.19. The number of aromatic nitrogens is 1. The molecule has 0 unspecified atom stereocenters. The summed E-state index contributed by atoms with van der Waals surface area (Å²) in [5.41, 5.74) is 0.458. The van der Waals surface area contributed by atoms with Crippen LogP contribution in [0, 0.1) is 17.1 Å². The Balaban J connectivity index is 2.43. The molecule has 0 aliphatic heterocycles. The molecule has 1 aromatic carbocycles. The average molecular weight is 232 g/mol. The van der Waals surface area contributed by atoms with Crippen molar-refractivity contribution in [2.45, 2.75) is 0 Å². The molecule has 1 heterocycles. The first-order valence-corrected chi connectivity index (χ1v) is 4.52. The Labute approximate surface area is 94.7 Å². The standard InChI is InChI=1S/C11H5FN2O3/c12-8-3-6(1-2-7(8)5-13)9-4-10(11(15)16)17-14-9/h1-4H,(H,15,16). The van der Waals surface area contributed by atoms with Crippen LogP contribution in [0.25, 0.3) is 11.3 Å². The minimum absolute atomic E-state index is 0.0873. The molecule has 0 saturated carbocycles. The molecule has 2 rings (SSSR count). The van der Waals surface area contributed by atoms with Crippen molar-refractivity contribution in [2.24, 2.45) is 0 Å². The largest absolute Gasteiger partial charge is 0.475 e. The third kappa shape index (κ3) is 1.99. The van der Waals surface area contributed by atoms with E-state index in [2.05, 4.69) is 9.68 Å². The van der Waals surface area contributed by atoms with E-state index in [1.807, 2.05) is 0 Å². The van der Waals surface area contributed by atoms with Gasteiger partial charge in [0.25, 0.3) is 0 Å². The van der Waals surface area contributed by atoms with Gasteiger partial charge in [-0.05, 0) is 12.1 Å². The van der Waals surface area contributed by atoms with Gasteiger partial charge in [0.15, 0.2) is 0 Å². The fourth-order valence-electron chi connectivity index (χ4n) is 1.28. The summed E-state index contributed by atoms with van der Waals surface area (Å²) in [5, 5.41) is 20.7. The molecule has 1 N–H and O–H groups in total. The van der Waals surface area contributed by atoms with E-state index in [0.717, 1.165) is 6.07 Å². The number of benzene rings is 1. The molecule has 0 spiro atoms. The van der Waals surface area contributed by atoms with E-state index in [0.29, 0.717) is 5.56 Å². The molecule has 5 nitrogen and oxygen atoms in total. The summed E-state index contributed by atoms with van der Waals surface area (Å²) in [4.78, 5) is 10.6. The van der Waals surface area contributed by atoms with Gasteiger partial charge in [-0.2, -0.15) is 5.26 Å². The topological polar surface area (TPSA) is 87.1 Å². The van der Waals surface area contributed by atoms with Gasteiger partial charge in [-0.3, -0.25) is 0 Å². The number of aromatic carboxylic acids is 1. The minimum Gasteiger partial charge on any atom is -0.475 e. The summed E-state index contributed by atoms with van der Waals surface area (Å²) in [6, 6.07) is 6.72. The molecule has 2 aromatic rings. The molecule has 0 amide bonds. The van der Waals surface area contributed by atoms with Crippen LogP contribution in [0.15, 0.2) is 28.8 Å². The van der Waals surface area contributed by atoms with Crippen molar-refractivity contribution in [1.82, 2.24) is 5.16 Å². The Bertz CT molecular complexity index is 628. The minimum atomic E-state index is -1.25. The molecule has 17 heavy (non-hydrogen) atoms. The van der Waals surface area contributed by atoms with Gasteiger partial charge in [0.05, 0.1) is 5.56 Å². The highest BCUT2D eigenvalue weighted by atomic mass is 19.1. The lowest BCUT2D eigenvalue weighted by Gasteiger charge is -1.96. The maximum absolute atomic E-state index is 13.3. The predicted molar refractivity (Wildman–Crippen MR) is 53.6 cm³/mol. The van der Waals surface area contributed by atoms with Crippen molar-refractivity contribution in [2.75, 3.05) is 0 Å². The van der Waals surface area contributed by atoms with Gasteiger partial charge in [0.2, 0.25) is 5.76 Å². The van der Waals surface area contributed by atoms with Crippen LogP contribution < -0.4 is 0 Å². The maximum Gasteiger partial charge on any atom is 0.374 e. The summed E-state index contributed by atoms with van der Waals surface area (Å²) in [7, 11) is 0. The lowest BCUT2D eigenvalue weighted by Crippen LogP contribution is -1.91. The predicted octanol–water partition coefficient (Wildman–Crippen LogP) is 2.05. The quantitative estimate of drug-likeness (QED) is 0.856. The third-order valence-electron chi connectivity index (χ3n) is 2.11. The smallest absolute Gasteiger partial charge is 0.374 e. The zero-order valence-electron chi connectivity index (χ0n) is 8.35. The van der Waals surface area contributed by atoms with E-state index in [-0.39, 0.29) is 17.0 Å². The average Bonchev–Trinajstić information content (AvgIpc) is 2.78. The molecule has 6 heteroatoms. The Morgan fingerprint density at radius 3 is 2.76 bits per heavy atom. The molecule has 0 fully saturated rings. The number of carboxylic acid groups (broad SMARTS) is 1. The summed E-state index contributed by atoms with van der Waals surface area (Å²) >= 11 is 0. The Kier molecular flexibility index (Phi) is 2.58. The van der Waals surface area contributed by atoms with E-state index < -0.39 is 11.8 Å². The van der Waals surface area contributed by atoms with Crippen molar-refractivity contribution in [1.29, 1.82) is 5.26 Å². The lowest BCUT2D eigenvalue weighted by atomic mass is 10.1. The van der Waals surface area contributed by atoms with Gasteiger partial charge in [0.1, 0.15) is 17.6 Å². The van der Waals surface area contributed by atoms with Crippen LogP contribution in [0.2, 0.25) is 0 Å². The molecule has 0 aliphatic rings. The van der Waals surface area contributed by atoms with Crippen LogP contribution in [-0.2, 0) is 0 Å². The fourth-order valence-corrected chi connectivity index (χ4v) is 1.28. The van der Waals surface area contributed by atoms with Crippen molar-refractivity contribution in [3.05, 3.63) is 41.4 Å². The maximum atomic E-state index is 13.3. The van der Waals surface area contributed by atoms with Crippen molar-refractivity contribution in [3.8, 4) is 17.3 Å². The molecule has 0 radical (unpaired) electrons. The van der Waals surface area contributed by atoms with Crippen LogP contribution in [0.3, 0.4) is 0 Å². The van der Waals surface area contributed by atoms with Crippen LogP contribution in [0.4, 0.5) is 4.39 Å². The highest BCUT2D eigenvalue weighted by Gasteiger charge is 2.13. The Hall–Kier alpha value is -2.68. The second kappa shape index (κ2) is 4.06. The summed E-state index contributed by atoms with van der Waals surface area (Å²) < 4.78 is 17.8. The van der Waals surface area contributed by atoms with Gasteiger partial charge < -0.3 is 9.63 Å². The van der Waals surface area contributed by atoms with E-state index in [9.17, 15) is 9.18 Å².